The number of nitrogens with one attached hydrogen (secondary N) is 2. The van der Waals surface area contributed by atoms with Crippen molar-refractivity contribution in [2.45, 2.75) is 25.4 Å². The van der Waals surface area contributed by atoms with Crippen LogP contribution in [0.5, 0.6) is 5.75 Å². The Balaban J connectivity index is 1.14. The van der Waals surface area contributed by atoms with Gasteiger partial charge in [-0.25, -0.2) is 0 Å². The van der Waals surface area contributed by atoms with E-state index < -0.39 is 0 Å². The number of hydrogen-bond acceptors (Lipinski definition) is 4. The summed E-state index contributed by atoms with van der Waals surface area (Å²) in [5.41, 5.74) is 8.81. The van der Waals surface area contributed by atoms with E-state index in [-0.39, 0.29) is 6.10 Å². The molecule has 0 spiro atoms. The summed E-state index contributed by atoms with van der Waals surface area (Å²) in [7, 11) is 0. The molecule has 4 heteroatoms. The van der Waals surface area contributed by atoms with E-state index in [1.165, 1.54) is 10.9 Å². The maximum Gasteiger partial charge on any atom is 0.134 e. The number of fused-ring (bicyclic) bond motifs is 2. The Labute approximate surface area is 141 Å². The minimum Gasteiger partial charge on any atom is -0.490 e. The summed E-state index contributed by atoms with van der Waals surface area (Å²) >= 11 is 0. The van der Waals surface area contributed by atoms with Crippen LogP contribution in [0, 0.1) is 0 Å². The van der Waals surface area contributed by atoms with Gasteiger partial charge in [-0.2, -0.15) is 0 Å². The molecule has 0 saturated carbocycles. The number of hydrazine groups is 1. The van der Waals surface area contributed by atoms with E-state index in [0.717, 1.165) is 49.4 Å². The summed E-state index contributed by atoms with van der Waals surface area (Å²) in [6.45, 7) is 1.73. The Morgan fingerprint density at radius 2 is 1.79 bits per heavy atom. The van der Waals surface area contributed by atoms with Crippen molar-refractivity contribution in [1.82, 2.24) is 10.9 Å². The van der Waals surface area contributed by atoms with Gasteiger partial charge in [0, 0.05) is 31.3 Å². The lowest BCUT2D eigenvalue weighted by Gasteiger charge is -2.11. The normalized spacial score (nSPS) is 16.2. The van der Waals surface area contributed by atoms with E-state index in [4.69, 9.17) is 9.15 Å². The monoisotopic (exact) mass is 322 g/mol. The van der Waals surface area contributed by atoms with Crippen LogP contribution in [0.2, 0.25) is 0 Å². The van der Waals surface area contributed by atoms with Gasteiger partial charge in [0.1, 0.15) is 23.2 Å². The van der Waals surface area contributed by atoms with Gasteiger partial charge in [-0.15, -0.1) is 0 Å². The molecule has 4 nitrogen and oxygen atoms in total. The molecule has 0 fully saturated rings. The molecule has 0 radical (unpaired) electrons. The van der Waals surface area contributed by atoms with Crippen molar-refractivity contribution in [3.8, 4) is 5.75 Å². The second-order valence-corrected chi connectivity index (χ2v) is 6.19. The first kappa shape index (κ1) is 15.2. The topological polar surface area (TPSA) is 46.4 Å². The first-order valence-electron chi connectivity index (χ1n) is 8.56. The zero-order valence-corrected chi connectivity index (χ0v) is 13.6. The Kier molecular flexibility index (Phi) is 4.49. The van der Waals surface area contributed by atoms with Crippen LogP contribution in [0.1, 0.15) is 17.7 Å². The lowest BCUT2D eigenvalue weighted by Crippen LogP contribution is -2.36. The number of hydrogen-bond donors (Lipinski definition) is 2. The molecule has 1 atom stereocenters. The summed E-state index contributed by atoms with van der Waals surface area (Å²) in [5.74, 6) is 2.06. The first-order chi connectivity index (χ1) is 11.9. The Morgan fingerprint density at radius 3 is 2.71 bits per heavy atom. The van der Waals surface area contributed by atoms with Crippen molar-refractivity contribution in [3.05, 3.63) is 65.9 Å². The zero-order valence-electron chi connectivity index (χ0n) is 13.6. The zero-order chi connectivity index (χ0) is 16.2. The fourth-order valence-corrected chi connectivity index (χ4v) is 3.17. The van der Waals surface area contributed by atoms with Crippen molar-refractivity contribution in [2.24, 2.45) is 0 Å². The van der Waals surface area contributed by atoms with Crippen molar-refractivity contribution >= 4 is 11.0 Å². The number of furan rings is 1. The highest BCUT2D eigenvalue weighted by Crippen LogP contribution is 2.29. The number of benzene rings is 2. The van der Waals surface area contributed by atoms with Gasteiger partial charge in [0.15, 0.2) is 0 Å². The standard InChI is InChI=1S/C20H22N2O2/c1-3-7-19-15(5-1)13-17(23-19)9-11-21-22-12-10-18-14-16-6-2-4-8-20(16)24-18/h1-8,13,18,21-22H,9-12,14H2. The van der Waals surface area contributed by atoms with Crippen LogP contribution in [-0.4, -0.2) is 19.2 Å². The summed E-state index contributed by atoms with van der Waals surface area (Å²) < 4.78 is 11.7. The largest absolute Gasteiger partial charge is 0.490 e. The van der Waals surface area contributed by atoms with Gasteiger partial charge in [0.2, 0.25) is 0 Å². The van der Waals surface area contributed by atoms with Gasteiger partial charge < -0.3 is 9.15 Å². The van der Waals surface area contributed by atoms with Crippen LogP contribution in [-0.2, 0) is 12.8 Å². The van der Waals surface area contributed by atoms with Gasteiger partial charge in [-0.05, 0) is 30.2 Å². The molecule has 24 heavy (non-hydrogen) atoms. The molecule has 4 rings (SSSR count). The average molecular weight is 322 g/mol. The van der Waals surface area contributed by atoms with Crippen LogP contribution in [0.4, 0.5) is 0 Å². The average Bonchev–Trinajstić information content (AvgIpc) is 3.20. The molecule has 1 aromatic heterocycles. The van der Waals surface area contributed by atoms with E-state index in [1.54, 1.807) is 0 Å². The van der Waals surface area contributed by atoms with E-state index >= 15 is 0 Å². The molecule has 1 unspecified atom stereocenters. The van der Waals surface area contributed by atoms with Gasteiger partial charge in [0.25, 0.3) is 0 Å². The number of rotatable bonds is 7. The molecule has 3 aromatic rings. The summed E-state index contributed by atoms with van der Waals surface area (Å²) in [6.07, 6.45) is 3.16. The van der Waals surface area contributed by atoms with Crippen molar-refractivity contribution in [1.29, 1.82) is 0 Å². The third-order valence-corrected chi connectivity index (χ3v) is 4.40. The molecule has 2 heterocycles. The van der Waals surface area contributed by atoms with Crippen molar-refractivity contribution in [3.63, 3.8) is 0 Å². The van der Waals surface area contributed by atoms with Crippen LogP contribution in [0.3, 0.4) is 0 Å². The predicted octanol–water partition coefficient (Wildman–Crippen LogP) is 3.46. The highest BCUT2D eigenvalue weighted by Gasteiger charge is 2.21. The summed E-state index contributed by atoms with van der Waals surface area (Å²) in [6, 6.07) is 18.5. The van der Waals surface area contributed by atoms with Crippen molar-refractivity contribution < 1.29 is 9.15 Å². The van der Waals surface area contributed by atoms with E-state index in [0.29, 0.717) is 0 Å². The van der Waals surface area contributed by atoms with Gasteiger partial charge in [0.05, 0.1) is 0 Å². The molecule has 124 valence electrons. The van der Waals surface area contributed by atoms with Gasteiger partial charge >= 0.3 is 0 Å². The van der Waals surface area contributed by atoms with Crippen LogP contribution in [0.15, 0.2) is 59.0 Å². The lowest BCUT2D eigenvalue weighted by molar-refractivity contribution is 0.217. The SMILES string of the molecule is c1ccc2c(c1)CC(CCNNCCc1cc3ccccc3o1)O2. The van der Waals surface area contributed by atoms with Gasteiger partial charge in [-0.3, -0.25) is 10.9 Å². The Morgan fingerprint density at radius 1 is 0.958 bits per heavy atom. The smallest absolute Gasteiger partial charge is 0.134 e. The fraction of sp³-hybridized carbons (Fsp3) is 0.300. The minimum atomic E-state index is 0.284. The predicted molar refractivity (Wildman–Crippen MR) is 95.1 cm³/mol. The molecule has 2 N–H and O–H groups in total. The molecular weight excluding hydrogens is 300 g/mol. The van der Waals surface area contributed by atoms with E-state index in [9.17, 15) is 0 Å². The van der Waals surface area contributed by atoms with Gasteiger partial charge in [-0.1, -0.05) is 36.4 Å². The molecule has 0 amide bonds. The third kappa shape index (κ3) is 3.45. The fourth-order valence-electron chi connectivity index (χ4n) is 3.17. The molecule has 2 aromatic carbocycles. The van der Waals surface area contributed by atoms with E-state index in [2.05, 4.69) is 35.1 Å². The third-order valence-electron chi connectivity index (χ3n) is 4.40. The van der Waals surface area contributed by atoms with Crippen LogP contribution < -0.4 is 15.6 Å². The maximum absolute atomic E-state index is 5.93. The maximum atomic E-state index is 5.93. The highest BCUT2D eigenvalue weighted by molar-refractivity contribution is 5.77. The second kappa shape index (κ2) is 7.07. The molecule has 0 bridgehead atoms. The summed E-state index contributed by atoms with van der Waals surface area (Å²) in [5, 5.41) is 1.17. The minimum absolute atomic E-state index is 0.284. The van der Waals surface area contributed by atoms with Crippen LogP contribution in [0.25, 0.3) is 11.0 Å². The van der Waals surface area contributed by atoms with E-state index in [1.807, 2.05) is 30.3 Å². The quantitative estimate of drug-likeness (QED) is 0.516. The Hall–Kier alpha value is -2.30. The highest BCUT2D eigenvalue weighted by atomic mass is 16.5. The molecule has 1 aliphatic heterocycles. The molecule has 0 aliphatic carbocycles. The lowest BCUT2D eigenvalue weighted by atomic mass is 10.1. The molecular formula is C20H22N2O2. The number of para-hydroxylation sites is 2. The first-order valence-corrected chi connectivity index (χ1v) is 8.56. The van der Waals surface area contributed by atoms with Crippen molar-refractivity contribution in [2.75, 3.05) is 13.1 Å². The van der Waals surface area contributed by atoms with Crippen LogP contribution >= 0.6 is 0 Å². The molecule has 0 saturated heterocycles. The Bertz CT molecular complexity index is 754. The molecule has 1 aliphatic rings. The number of ether oxygens (including phenoxy) is 1. The summed E-state index contributed by atoms with van der Waals surface area (Å²) in [4.78, 5) is 0. The second-order valence-electron chi connectivity index (χ2n) is 6.19.